The van der Waals surface area contributed by atoms with Crippen LogP contribution in [0.3, 0.4) is 0 Å². The summed E-state index contributed by atoms with van der Waals surface area (Å²) >= 11 is 0. The van der Waals surface area contributed by atoms with Gasteiger partial charge in [0.15, 0.2) is 0 Å². The van der Waals surface area contributed by atoms with Crippen molar-refractivity contribution in [1.82, 2.24) is 4.98 Å². The zero-order chi connectivity index (χ0) is 19.2. The summed E-state index contributed by atoms with van der Waals surface area (Å²) in [5, 5.41) is 2.66. The monoisotopic (exact) mass is 372 g/mol. The molecule has 3 rings (SSSR count). The predicted molar refractivity (Wildman–Crippen MR) is 106 cm³/mol. The number of piperidine rings is 1. The van der Waals surface area contributed by atoms with Crippen molar-refractivity contribution in [3.63, 3.8) is 0 Å². The van der Waals surface area contributed by atoms with E-state index in [9.17, 15) is 9.59 Å². The van der Waals surface area contributed by atoms with E-state index < -0.39 is 5.97 Å². The van der Waals surface area contributed by atoms with Crippen LogP contribution >= 0.6 is 0 Å². The van der Waals surface area contributed by atoms with E-state index in [0.29, 0.717) is 23.1 Å². The third kappa shape index (κ3) is 5.05. The number of hydrogen-bond donors (Lipinski definition) is 1. The lowest BCUT2D eigenvalue weighted by atomic mass is 9.95. The third-order valence-electron chi connectivity index (χ3n) is 5.17. The van der Waals surface area contributed by atoms with Crippen LogP contribution in [0.25, 0.3) is 0 Å². The summed E-state index contributed by atoms with van der Waals surface area (Å²) in [5.41, 5.74) is 2.15. The van der Waals surface area contributed by atoms with Gasteiger partial charge in [-0.1, -0.05) is 19.3 Å². The Morgan fingerprint density at radius 2 is 1.93 bits per heavy atom. The topological polar surface area (TPSA) is 83.9 Å². The van der Waals surface area contributed by atoms with Crippen molar-refractivity contribution in [1.29, 1.82) is 0 Å². The summed E-state index contributed by atoms with van der Waals surface area (Å²) in [5.74, 6) is -0.0547. The molecular weight excluding hydrogens is 344 g/mol. The van der Waals surface area contributed by atoms with Crippen LogP contribution in [0.1, 0.15) is 62.2 Å². The molecule has 1 amide bonds. The lowest BCUT2D eigenvalue weighted by Gasteiger charge is -2.31. The minimum absolute atomic E-state index is 0.207. The number of nitrogens with zero attached hydrogens (tertiary/aromatic N) is 3. The fourth-order valence-electron chi connectivity index (χ4n) is 3.82. The highest BCUT2D eigenvalue weighted by Gasteiger charge is 2.24. The van der Waals surface area contributed by atoms with Crippen LogP contribution in [-0.2, 0) is 9.53 Å². The van der Waals surface area contributed by atoms with Crippen molar-refractivity contribution in [2.75, 3.05) is 30.4 Å². The summed E-state index contributed by atoms with van der Waals surface area (Å²) in [7, 11) is 1.35. The second kappa shape index (κ2) is 8.97. The van der Waals surface area contributed by atoms with E-state index in [-0.39, 0.29) is 5.91 Å². The van der Waals surface area contributed by atoms with Crippen LogP contribution in [0.4, 0.5) is 11.5 Å². The maximum atomic E-state index is 12.2. The molecule has 0 atom stereocenters. The third-order valence-corrected chi connectivity index (χ3v) is 5.17. The van der Waals surface area contributed by atoms with Gasteiger partial charge in [-0.25, -0.2) is 9.78 Å². The zero-order valence-electron chi connectivity index (χ0n) is 16.2. The number of anilines is 2. The summed E-state index contributed by atoms with van der Waals surface area (Å²) < 4.78 is 4.91. The molecule has 7 heteroatoms. The maximum Gasteiger partial charge on any atom is 0.341 e. The Bertz CT molecular complexity index is 716. The molecule has 0 spiro atoms. The molecular formula is C20H28N4O3. The summed E-state index contributed by atoms with van der Waals surface area (Å²) in [6.45, 7) is 2.98. The minimum atomic E-state index is -0.452. The number of pyridine rings is 1. The maximum absolute atomic E-state index is 12.2. The Kier molecular flexibility index (Phi) is 6.42. The van der Waals surface area contributed by atoms with Gasteiger partial charge < -0.3 is 15.0 Å². The van der Waals surface area contributed by atoms with E-state index in [1.807, 2.05) is 0 Å². The van der Waals surface area contributed by atoms with Gasteiger partial charge >= 0.3 is 5.97 Å². The van der Waals surface area contributed by atoms with E-state index in [2.05, 4.69) is 15.2 Å². The SMILES string of the molecule is COC(=O)c1cc(NC(C)=O)cnc1N1CCC(=NC2CCCCC2)CC1. The lowest BCUT2D eigenvalue weighted by Crippen LogP contribution is -2.36. The van der Waals surface area contributed by atoms with Crippen LogP contribution in [-0.4, -0.2) is 48.8 Å². The van der Waals surface area contributed by atoms with Crippen molar-refractivity contribution in [2.24, 2.45) is 4.99 Å². The number of aliphatic imine (C=N–C) groups is 1. The second-order valence-electron chi connectivity index (χ2n) is 7.24. The van der Waals surface area contributed by atoms with Crippen LogP contribution in [0.15, 0.2) is 17.3 Å². The number of amides is 1. The van der Waals surface area contributed by atoms with Crippen molar-refractivity contribution >= 4 is 29.1 Å². The fraction of sp³-hybridized carbons (Fsp3) is 0.600. The number of ether oxygens (including phenoxy) is 1. The van der Waals surface area contributed by atoms with Crippen LogP contribution in [0.2, 0.25) is 0 Å². The molecule has 1 saturated heterocycles. The lowest BCUT2D eigenvalue weighted by molar-refractivity contribution is -0.114. The summed E-state index contributed by atoms with van der Waals surface area (Å²) in [6.07, 6.45) is 9.72. The van der Waals surface area contributed by atoms with E-state index in [4.69, 9.17) is 9.73 Å². The highest BCUT2D eigenvalue weighted by atomic mass is 16.5. The summed E-state index contributed by atoms with van der Waals surface area (Å²) in [6, 6.07) is 2.13. The molecule has 1 saturated carbocycles. The van der Waals surface area contributed by atoms with Crippen molar-refractivity contribution < 1.29 is 14.3 Å². The molecule has 0 bridgehead atoms. The minimum Gasteiger partial charge on any atom is -0.465 e. The van der Waals surface area contributed by atoms with Crippen molar-refractivity contribution in [3.05, 3.63) is 17.8 Å². The highest BCUT2D eigenvalue weighted by molar-refractivity contribution is 5.98. The smallest absolute Gasteiger partial charge is 0.341 e. The molecule has 0 aromatic carbocycles. The van der Waals surface area contributed by atoms with Gasteiger partial charge in [0.2, 0.25) is 5.91 Å². The molecule has 1 aliphatic heterocycles. The van der Waals surface area contributed by atoms with Gasteiger partial charge in [-0.2, -0.15) is 0 Å². The molecule has 2 aliphatic rings. The number of rotatable bonds is 4. The molecule has 2 heterocycles. The number of methoxy groups -OCH3 is 1. The number of nitrogens with one attached hydrogen (secondary N) is 1. The standard InChI is InChI=1S/C20H28N4O3/c1-14(25)22-17-12-18(20(26)27-2)19(21-13-17)24-10-8-16(9-11-24)23-15-6-4-3-5-7-15/h12-13,15H,3-11H2,1-2H3,(H,22,25). The fourth-order valence-corrected chi connectivity index (χ4v) is 3.82. The Labute approximate surface area is 160 Å². The largest absolute Gasteiger partial charge is 0.465 e. The normalized spacial score (nSPS) is 18.1. The molecule has 7 nitrogen and oxygen atoms in total. The van der Waals surface area contributed by atoms with E-state index >= 15 is 0 Å². The van der Waals surface area contributed by atoms with Gasteiger partial charge in [0, 0.05) is 44.6 Å². The van der Waals surface area contributed by atoms with Gasteiger partial charge in [-0.05, 0) is 18.9 Å². The molecule has 27 heavy (non-hydrogen) atoms. The first-order chi connectivity index (χ1) is 13.1. The first-order valence-corrected chi connectivity index (χ1v) is 9.73. The highest BCUT2D eigenvalue weighted by Crippen LogP contribution is 2.26. The predicted octanol–water partition coefficient (Wildman–Crippen LogP) is 3.20. The van der Waals surface area contributed by atoms with Gasteiger partial charge in [0.25, 0.3) is 0 Å². The molecule has 1 N–H and O–H groups in total. The summed E-state index contributed by atoms with van der Waals surface area (Å²) in [4.78, 5) is 35.0. The molecule has 146 valence electrons. The number of carbonyl (C=O) groups is 2. The van der Waals surface area contributed by atoms with Crippen molar-refractivity contribution in [3.8, 4) is 0 Å². The van der Waals surface area contributed by atoms with E-state index in [1.54, 1.807) is 12.3 Å². The second-order valence-corrected chi connectivity index (χ2v) is 7.24. The van der Waals surface area contributed by atoms with Gasteiger partial charge in [0.05, 0.1) is 19.0 Å². The quantitative estimate of drug-likeness (QED) is 0.821. The number of aromatic nitrogens is 1. The van der Waals surface area contributed by atoms with Gasteiger partial charge in [-0.3, -0.25) is 9.79 Å². The average Bonchev–Trinajstić information content (AvgIpc) is 2.68. The first-order valence-electron chi connectivity index (χ1n) is 9.73. The zero-order valence-corrected chi connectivity index (χ0v) is 16.2. The van der Waals surface area contributed by atoms with E-state index in [0.717, 1.165) is 25.9 Å². The van der Waals surface area contributed by atoms with E-state index in [1.165, 1.54) is 51.8 Å². The van der Waals surface area contributed by atoms with Gasteiger partial charge in [-0.15, -0.1) is 0 Å². The van der Waals surface area contributed by atoms with Gasteiger partial charge in [0.1, 0.15) is 11.4 Å². The number of esters is 1. The Morgan fingerprint density at radius 3 is 2.56 bits per heavy atom. The Hall–Kier alpha value is -2.44. The molecule has 2 fully saturated rings. The molecule has 0 unspecified atom stereocenters. The first kappa shape index (κ1) is 19.3. The average molecular weight is 372 g/mol. The van der Waals surface area contributed by atoms with Crippen LogP contribution < -0.4 is 10.2 Å². The molecule has 1 aliphatic carbocycles. The van der Waals surface area contributed by atoms with Crippen LogP contribution in [0.5, 0.6) is 0 Å². The number of carbonyl (C=O) groups excluding carboxylic acids is 2. The van der Waals surface area contributed by atoms with Crippen LogP contribution in [0, 0.1) is 0 Å². The molecule has 1 aromatic rings. The van der Waals surface area contributed by atoms with Crippen molar-refractivity contribution in [2.45, 2.75) is 57.9 Å². The molecule has 1 aromatic heterocycles. The number of hydrogen-bond acceptors (Lipinski definition) is 6. The Morgan fingerprint density at radius 1 is 1.22 bits per heavy atom. The Balaban J connectivity index is 1.71. The molecule has 0 radical (unpaired) electrons.